The van der Waals surface area contributed by atoms with E-state index in [0.29, 0.717) is 22.6 Å². The van der Waals surface area contributed by atoms with Crippen LogP contribution >= 0.6 is 11.6 Å². The molecular weight excluding hydrogens is 405 g/mol. The van der Waals surface area contributed by atoms with Crippen LogP contribution in [0.15, 0.2) is 53.1 Å². The van der Waals surface area contributed by atoms with E-state index in [1.165, 1.54) is 12.1 Å². The topological polar surface area (TPSA) is 70.9 Å². The lowest BCUT2D eigenvalue weighted by Crippen LogP contribution is -2.28. The van der Waals surface area contributed by atoms with Gasteiger partial charge in [-0.15, -0.1) is 0 Å². The number of H-pyrrole nitrogens is 1. The number of aryl methyl sites for hydroxylation is 1. The second kappa shape index (κ2) is 8.32. The van der Waals surface area contributed by atoms with E-state index in [1.54, 1.807) is 18.2 Å². The molecule has 1 amide bonds. The summed E-state index contributed by atoms with van der Waals surface area (Å²) in [5, 5.41) is 7.97. The van der Waals surface area contributed by atoms with Crippen molar-refractivity contribution in [3.8, 4) is 11.3 Å². The first-order valence-corrected chi connectivity index (χ1v) is 10.1. The zero-order valence-electron chi connectivity index (χ0n) is 16.6. The molecule has 2 aromatic heterocycles. The van der Waals surface area contributed by atoms with E-state index < -0.39 is 5.92 Å². The summed E-state index contributed by atoms with van der Waals surface area (Å²) in [6, 6.07) is 13.7. The second-order valence-electron chi connectivity index (χ2n) is 7.20. The Balaban J connectivity index is 1.78. The number of nitrogens with zero attached hydrogens (tertiary/aromatic N) is 1. The van der Waals surface area contributed by atoms with Crippen molar-refractivity contribution in [1.29, 1.82) is 0 Å². The molecule has 0 aliphatic heterocycles. The number of hydrogen-bond donors (Lipinski definition) is 2. The number of amides is 1. The maximum absolute atomic E-state index is 14.1. The van der Waals surface area contributed by atoms with Gasteiger partial charge in [-0.3, -0.25) is 4.79 Å². The molecule has 0 aliphatic carbocycles. The third-order valence-electron chi connectivity index (χ3n) is 5.13. The van der Waals surface area contributed by atoms with E-state index in [0.717, 1.165) is 28.0 Å². The first kappa shape index (κ1) is 20.2. The van der Waals surface area contributed by atoms with Crippen LogP contribution in [0.5, 0.6) is 0 Å². The molecule has 0 fully saturated rings. The Kier molecular flexibility index (Phi) is 5.59. The Bertz CT molecular complexity index is 1210. The Morgan fingerprint density at radius 1 is 1.27 bits per heavy atom. The van der Waals surface area contributed by atoms with Gasteiger partial charge >= 0.3 is 0 Å². The van der Waals surface area contributed by atoms with Gasteiger partial charge in [0.1, 0.15) is 5.82 Å². The quantitative estimate of drug-likeness (QED) is 0.414. The van der Waals surface area contributed by atoms with E-state index in [9.17, 15) is 9.18 Å². The van der Waals surface area contributed by atoms with Crippen molar-refractivity contribution in [3.63, 3.8) is 0 Å². The van der Waals surface area contributed by atoms with Crippen LogP contribution in [0.3, 0.4) is 0 Å². The zero-order valence-corrected chi connectivity index (χ0v) is 17.4. The minimum absolute atomic E-state index is 0.176. The SMILES string of the molecule is CCC(C(=O)NCc1cc(C)no1)c1c(-c2ccccc2Cl)[nH]c2ccc(F)cc12. The molecule has 7 heteroatoms. The van der Waals surface area contributed by atoms with Gasteiger partial charge in [0.2, 0.25) is 5.91 Å². The highest BCUT2D eigenvalue weighted by molar-refractivity contribution is 6.33. The minimum Gasteiger partial charge on any atom is -0.359 e. The molecule has 0 bridgehead atoms. The predicted octanol–water partition coefficient (Wildman–Crippen LogP) is 5.73. The van der Waals surface area contributed by atoms with Crippen LogP contribution in [0.4, 0.5) is 4.39 Å². The fourth-order valence-corrected chi connectivity index (χ4v) is 3.97. The molecule has 2 heterocycles. The molecule has 5 nitrogen and oxygen atoms in total. The summed E-state index contributed by atoms with van der Waals surface area (Å²) in [7, 11) is 0. The summed E-state index contributed by atoms with van der Waals surface area (Å²) in [6.07, 6.45) is 0.530. The average Bonchev–Trinajstić information content (AvgIpc) is 3.31. The van der Waals surface area contributed by atoms with Gasteiger partial charge in [-0.1, -0.05) is 41.9 Å². The van der Waals surface area contributed by atoms with Gasteiger partial charge in [0.05, 0.1) is 23.9 Å². The summed E-state index contributed by atoms with van der Waals surface area (Å²) in [5.41, 5.74) is 3.71. The largest absolute Gasteiger partial charge is 0.359 e. The van der Waals surface area contributed by atoms with Crippen molar-refractivity contribution in [1.82, 2.24) is 15.5 Å². The molecule has 154 valence electrons. The van der Waals surface area contributed by atoms with Crippen LogP contribution in [0.2, 0.25) is 5.02 Å². The number of benzene rings is 2. The van der Waals surface area contributed by atoms with Gasteiger partial charge in [0, 0.05) is 27.6 Å². The molecule has 4 rings (SSSR count). The average molecular weight is 426 g/mol. The maximum atomic E-state index is 14.1. The molecule has 0 aliphatic rings. The van der Waals surface area contributed by atoms with Crippen LogP contribution in [0.1, 0.15) is 36.3 Å². The van der Waals surface area contributed by atoms with E-state index in [-0.39, 0.29) is 18.3 Å². The summed E-state index contributed by atoms with van der Waals surface area (Å²) in [6.45, 7) is 3.98. The summed E-state index contributed by atoms with van der Waals surface area (Å²) in [5.74, 6) is -0.464. The Hall–Kier alpha value is -3.12. The monoisotopic (exact) mass is 425 g/mol. The van der Waals surface area contributed by atoms with Gasteiger partial charge < -0.3 is 14.8 Å². The number of carbonyl (C=O) groups excluding carboxylic acids is 1. The predicted molar refractivity (Wildman–Crippen MR) is 115 cm³/mol. The second-order valence-corrected chi connectivity index (χ2v) is 7.60. The highest BCUT2D eigenvalue weighted by atomic mass is 35.5. The third-order valence-corrected chi connectivity index (χ3v) is 5.46. The number of hydrogen-bond acceptors (Lipinski definition) is 3. The smallest absolute Gasteiger partial charge is 0.228 e. The van der Waals surface area contributed by atoms with Crippen LogP contribution in [0.25, 0.3) is 22.2 Å². The summed E-state index contributed by atoms with van der Waals surface area (Å²) >= 11 is 6.45. The van der Waals surface area contributed by atoms with Crippen molar-refractivity contribution in [2.24, 2.45) is 0 Å². The van der Waals surface area contributed by atoms with E-state index in [1.807, 2.05) is 32.0 Å². The Labute approximate surface area is 178 Å². The number of halogens is 2. The van der Waals surface area contributed by atoms with Crippen LogP contribution < -0.4 is 5.32 Å². The Morgan fingerprint density at radius 3 is 2.77 bits per heavy atom. The lowest BCUT2D eigenvalue weighted by atomic mass is 9.90. The maximum Gasteiger partial charge on any atom is 0.228 e. The number of rotatable bonds is 6. The molecule has 2 N–H and O–H groups in total. The van der Waals surface area contributed by atoms with Crippen LogP contribution in [-0.2, 0) is 11.3 Å². The number of aromatic amines is 1. The van der Waals surface area contributed by atoms with Crippen LogP contribution in [-0.4, -0.2) is 16.0 Å². The molecule has 0 radical (unpaired) electrons. The molecule has 30 heavy (non-hydrogen) atoms. The number of fused-ring (bicyclic) bond motifs is 1. The minimum atomic E-state index is -0.504. The molecular formula is C23H21ClFN3O2. The first-order valence-electron chi connectivity index (χ1n) is 9.73. The third kappa shape index (κ3) is 3.83. The lowest BCUT2D eigenvalue weighted by molar-refractivity contribution is -0.122. The molecule has 0 saturated carbocycles. The van der Waals surface area contributed by atoms with Gasteiger partial charge in [0.15, 0.2) is 5.76 Å². The molecule has 4 aromatic rings. The highest BCUT2D eigenvalue weighted by Gasteiger charge is 2.27. The molecule has 1 unspecified atom stereocenters. The van der Waals surface area contributed by atoms with Crippen molar-refractivity contribution in [2.75, 3.05) is 0 Å². The Morgan fingerprint density at radius 2 is 2.07 bits per heavy atom. The van der Waals surface area contributed by atoms with Gasteiger partial charge in [-0.2, -0.15) is 0 Å². The van der Waals surface area contributed by atoms with Gasteiger partial charge in [0.25, 0.3) is 0 Å². The summed E-state index contributed by atoms with van der Waals surface area (Å²) in [4.78, 5) is 16.5. The van der Waals surface area contributed by atoms with E-state index in [4.69, 9.17) is 16.1 Å². The number of nitrogens with one attached hydrogen (secondary N) is 2. The first-order chi connectivity index (χ1) is 14.5. The van der Waals surface area contributed by atoms with E-state index in [2.05, 4.69) is 15.5 Å². The highest BCUT2D eigenvalue weighted by Crippen LogP contribution is 2.40. The van der Waals surface area contributed by atoms with Gasteiger partial charge in [-0.25, -0.2) is 4.39 Å². The summed E-state index contributed by atoms with van der Waals surface area (Å²) < 4.78 is 19.3. The molecule has 0 saturated heterocycles. The van der Waals surface area contributed by atoms with Crippen molar-refractivity contribution in [2.45, 2.75) is 32.7 Å². The zero-order chi connectivity index (χ0) is 21.3. The van der Waals surface area contributed by atoms with Gasteiger partial charge in [-0.05, 0) is 43.2 Å². The fraction of sp³-hybridized carbons (Fsp3) is 0.217. The molecule has 0 spiro atoms. The number of carbonyl (C=O) groups is 1. The van der Waals surface area contributed by atoms with Crippen molar-refractivity contribution >= 4 is 28.4 Å². The van der Waals surface area contributed by atoms with E-state index >= 15 is 0 Å². The standard InChI is InChI=1S/C23H21ClFN3O2/c1-3-16(23(29)26-12-15-10-13(2)28-30-15)21-18-11-14(25)8-9-20(18)27-22(21)17-6-4-5-7-19(17)24/h4-11,16,27H,3,12H2,1-2H3,(H,26,29). The van der Waals surface area contributed by atoms with Crippen LogP contribution in [0, 0.1) is 12.7 Å². The fourth-order valence-electron chi connectivity index (χ4n) is 3.74. The normalized spacial score (nSPS) is 12.3. The molecule has 2 aromatic carbocycles. The lowest BCUT2D eigenvalue weighted by Gasteiger charge is -2.17. The van der Waals surface area contributed by atoms with Crippen molar-refractivity contribution in [3.05, 3.63) is 76.4 Å². The van der Waals surface area contributed by atoms with Crippen molar-refractivity contribution < 1.29 is 13.7 Å². The number of aromatic nitrogens is 2. The molecule has 1 atom stereocenters.